The summed E-state index contributed by atoms with van der Waals surface area (Å²) in [5.41, 5.74) is 0. The van der Waals surface area contributed by atoms with Crippen LogP contribution in [0.5, 0.6) is 0 Å². The number of hydrogen-bond acceptors (Lipinski definition) is 4. The predicted octanol–water partition coefficient (Wildman–Crippen LogP) is 3.60. The fourth-order valence-corrected chi connectivity index (χ4v) is 2.64. The lowest BCUT2D eigenvalue weighted by Gasteiger charge is -2.11. The van der Waals surface area contributed by atoms with Gasteiger partial charge in [0.05, 0.1) is 17.8 Å². The van der Waals surface area contributed by atoms with Crippen LogP contribution in [0, 0.1) is 0 Å². The van der Waals surface area contributed by atoms with Crippen molar-refractivity contribution in [1.82, 2.24) is 10.3 Å². The van der Waals surface area contributed by atoms with Crippen LogP contribution in [-0.2, 0) is 6.54 Å². The maximum Gasteiger partial charge on any atom is 0.117 e. The molecule has 0 spiro atoms. The van der Waals surface area contributed by atoms with Crippen LogP contribution >= 0.6 is 23.4 Å². The molecule has 1 N–H and O–H groups in total. The largest absolute Gasteiger partial charge is 0.468 e. The van der Waals surface area contributed by atoms with Crippen molar-refractivity contribution >= 4 is 23.4 Å². The molecule has 0 fully saturated rings. The first-order valence-corrected chi connectivity index (χ1v) is 7.02. The van der Waals surface area contributed by atoms with Crippen LogP contribution in [0.3, 0.4) is 0 Å². The molecule has 0 radical (unpaired) electrons. The number of furan rings is 1. The monoisotopic (exact) mass is 282 g/mol. The average Bonchev–Trinajstić information content (AvgIpc) is 2.85. The van der Waals surface area contributed by atoms with E-state index in [4.69, 9.17) is 16.0 Å². The maximum absolute atomic E-state index is 6.06. The lowest BCUT2D eigenvalue weighted by atomic mass is 10.4. The second kappa shape index (κ2) is 6.83. The quantitative estimate of drug-likeness (QED) is 0.822. The molecular formula is C13H15ClN2OS. The highest BCUT2D eigenvalue weighted by Crippen LogP contribution is 2.27. The van der Waals surface area contributed by atoms with Gasteiger partial charge in [-0.05, 0) is 24.3 Å². The molecule has 96 valence electrons. The van der Waals surface area contributed by atoms with E-state index in [0.717, 1.165) is 23.9 Å². The van der Waals surface area contributed by atoms with Gasteiger partial charge in [-0.2, -0.15) is 0 Å². The van der Waals surface area contributed by atoms with Crippen molar-refractivity contribution in [2.45, 2.75) is 23.7 Å². The van der Waals surface area contributed by atoms with Crippen LogP contribution in [0.2, 0.25) is 5.02 Å². The SMILES string of the molecule is CC(CNCc1ccco1)Sc1ncccc1Cl. The van der Waals surface area contributed by atoms with E-state index in [1.54, 1.807) is 24.2 Å². The Bertz CT molecular complexity index is 476. The summed E-state index contributed by atoms with van der Waals surface area (Å²) in [6, 6.07) is 7.55. The smallest absolute Gasteiger partial charge is 0.117 e. The predicted molar refractivity (Wildman–Crippen MR) is 75.0 cm³/mol. The van der Waals surface area contributed by atoms with Crippen LogP contribution in [0.25, 0.3) is 0 Å². The molecular weight excluding hydrogens is 268 g/mol. The van der Waals surface area contributed by atoms with Gasteiger partial charge >= 0.3 is 0 Å². The zero-order valence-corrected chi connectivity index (χ0v) is 11.7. The first-order chi connectivity index (χ1) is 8.75. The van der Waals surface area contributed by atoms with Crippen molar-refractivity contribution in [3.63, 3.8) is 0 Å². The Labute approximate surface area is 116 Å². The van der Waals surface area contributed by atoms with Crippen molar-refractivity contribution in [2.75, 3.05) is 6.54 Å². The molecule has 2 heterocycles. The summed E-state index contributed by atoms with van der Waals surface area (Å²) in [5.74, 6) is 0.947. The molecule has 2 aromatic rings. The molecule has 3 nitrogen and oxygen atoms in total. The van der Waals surface area contributed by atoms with Crippen molar-refractivity contribution in [3.8, 4) is 0 Å². The highest BCUT2D eigenvalue weighted by Gasteiger charge is 2.08. The van der Waals surface area contributed by atoms with E-state index in [1.165, 1.54) is 0 Å². The van der Waals surface area contributed by atoms with Crippen LogP contribution in [0.15, 0.2) is 46.2 Å². The van der Waals surface area contributed by atoms with Crippen LogP contribution in [0.4, 0.5) is 0 Å². The van der Waals surface area contributed by atoms with Gasteiger partial charge in [-0.3, -0.25) is 0 Å². The number of halogens is 1. The molecule has 2 rings (SSSR count). The van der Waals surface area contributed by atoms with Crippen LogP contribution < -0.4 is 5.32 Å². The summed E-state index contributed by atoms with van der Waals surface area (Å²) in [7, 11) is 0. The van der Waals surface area contributed by atoms with E-state index in [-0.39, 0.29) is 0 Å². The summed E-state index contributed by atoms with van der Waals surface area (Å²) in [4.78, 5) is 4.26. The summed E-state index contributed by atoms with van der Waals surface area (Å²) >= 11 is 7.74. The molecule has 0 aliphatic carbocycles. The molecule has 2 aromatic heterocycles. The summed E-state index contributed by atoms with van der Waals surface area (Å²) in [6.45, 7) is 3.76. The standard InChI is InChI=1S/C13H15ClN2OS/c1-10(8-15-9-11-4-3-7-17-11)18-13-12(14)5-2-6-16-13/h2-7,10,15H,8-9H2,1H3. The number of aromatic nitrogens is 1. The van der Waals surface area contributed by atoms with E-state index in [0.29, 0.717) is 10.3 Å². The fraction of sp³-hybridized carbons (Fsp3) is 0.308. The molecule has 0 amide bonds. The molecule has 1 unspecified atom stereocenters. The van der Waals surface area contributed by atoms with E-state index >= 15 is 0 Å². The number of pyridine rings is 1. The number of nitrogens with zero attached hydrogens (tertiary/aromatic N) is 1. The molecule has 0 aliphatic heterocycles. The summed E-state index contributed by atoms with van der Waals surface area (Å²) in [6.07, 6.45) is 3.44. The molecule has 5 heteroatoms. The Morgan fingerprint density at radius 2 is 2.33 bits per heavy atom. The zero-order valence-electron chi connectivity index (χ0n) is 10.1. The fourth-order valence-electron chi connectivity index (χ4n) is 1.50. The van der Waals surface area contributed by atoms with E-state index in [2.05, 4.69) is 17.2 Å². The van der Waals surface area contributed by atoms with Gasteiger partial charge in [-0.1, -0.05) is 18.5 Å². The minimum absolute atomic E-state index is 0.396. The second-order valence-electron chi connectivity index (χ2n) is 3.93. The maximum atomic E-state index is 6.06. The molecule has 1 atom stereocenters. The van der Waals surface area contributed by atoms with Gasteiger partial charge in [0, 0.05) is 18.0 Å². The van der Waals surface area contributed by atoms with E-state index in [1.807, 2.05) is 24.3 Å². The summed E-state index contributed by atoms with van der Waals surface area (Å²) in [5, 5.41) is 5.33. The van der Waals surface area contributed by atoms with Crippen molar-refractivity contribution < 1.29 is 4.42 Å². The Balaban J connectivity index is 1.75. The minimum Gasteiger partial charge on any atom is -0.468 e. The molecule has 18 heavy (non-hydrogen) atoms. The highest BCUT2D eigenvalue weighted by molar-refractivity contribution is 8.00. The number of thioether (sulfide) groups is 1. The van der Waals surface area contributed by atoms with Crippen LogP contribution in [0.1, 0.15) is 12.7 Å². The lowest BCUT2D eigenvalue weighted by Crippen LogP contribution is -2.22. The molecule has 0 saturated heterocycles. The minimum atomic E-state index is 0.396. The van der Waals surface area contributed by atoms with Crippen LogP contribution in [-0.4, -0.2) is 16.8 Å². The van der Waals surface area contributed by atoms with E-state index in [9.17, 15) is 0 Å². The Morgan fingerprint density at radius 1 is 1.44 bits per heavy atom. The van der Waals surface area contributed by atoms with Crippen molar-refractivity contribution in [1.29, 1.82) is 0 Å². The van der Waals surface area contributed by atoms with Gasteiger partial charge in [-0.25, -0.2) is 4.98 Å². The highest BCUT2D eigenvalue weighted by atomic mass is 35.5. The average molecular weight is 283 g/mol. The summed E-state index contributed by atoms with van der Waals surface area (Å²) < 4.78 is 5.25. The zero-order chi connectivity index (χ0) is 12.8. The van der Waals surface area contributed by atoms with Gasteiger partial charge in [0.25, 0.3) is 0 Å². The van der Waals surface area contributed by atoms with Gasteiger partial charge < -0.3 is 9.73 Å². The third kappa shape index (κ3) is 4.05. The Morgan fingerprint density at radius 3 is 3.06 bits per heavy atom. The lowest BCUT2D eigenvalue weighted by molar-refractivity contribution is 0.484. The molecule has 0 bridgehead atoms. The third-order valence-electron chi connectivity index (χ3n) is 2.35. The van der Waals surface area contributed by atoms with Crippen molar-refractivity contribution in [3.05, 3.63) is 47.5 Å². The van der Waals surface area contributed by atoms with Gasteiger partial charge in [0.2, 0.25) is 0 Å². The Kier molecular flexibility index (Phi) is 5.11. The van der Waals surface area contributed by atoms with Crippen molar-refractivity contribution in [2.24, 2.45) is 0 Å². The first kappa shape index (κ1) is 13.5. The topological polar surface area (TPSA) is 38.1 Å². The van der Waals surface area contributed by atoms with E-state index < -0.39 is 0 Å². The van der Waals surface area contributed by atoms with Gasteiger partial charge in [0.15, 0.2) is 0 Å². The third-order valence-corrected chi connectivity index (χ3v) is 3.88. The number of rotatable bonds is 6. The van der Waals surface area contributed by atoms with Gasteiger partial charge in [0.1, 0.15) is 10.8 Å². The first-order valence-electron chi connectivity index (χ1n) is 5.76. The second-order valence-corrected chi connectivity index (χ2v) is 5.76. The molecule has 0 saturated carbocycles. The van der Waals surface area contributed by atoms with Gasteiger partial charge in [-0.15, -0.1) is 11.8 Å². The molecule has 0 aromatic carbocycles. The Hall–Kier alpha value is -0.970. The normalized spacial score (nSPS) is 12.6. The number of hydrogen-bond donors (Lipinski definition) is 1. The molecule has 0 aliphatic rings. The number of nitrogens with one attached hydrogen (secondary N) is 1.